The van der Waals surface area contributed by atoms with Crippen molar-refractivity contribution < 1.29 is 9.47 Å². The van der Waals surface area contributed by atoms with Gasteiger partial charge in [0.25, 0.3) is 0 Å². The van der Waals surface area contributed by atoms with E-state index in [-0.39, 0.29) is 12.1 Å². The van der Waals surface area contributed by atoms with Gasteiger partial charge in [0.2, 0.25) is 6.79 Å². The molecule has 1 aliphatic rings. The first-order valence-corrected chi connectivity index (χ1v) is 6.80. The van der Waals surface area contributed by atoms with E-state index in [4.69, 9.17) is 9.47 Å². The molecule has 4 nitrogen and oxygen atoms in total. The van der Waals surface area contributed by atoms with E-state index in [1.807, 2.05) is 36.5 Å². The number of hydrogen-bond donors (Lipinski definition) is 1. The second-order valence-electron chi connectivity index (χ2n) is 4.98. The molecule has 0 aliphatic carbocycles. The van der Waals surface area contributed by atoms with Gasteiger partial charge >= 0.3 is 0 Å². The maximum Gasteiger partial charge on any atom is 0.231 e. The quantitative estimate of drug-likeness (QED) is 0.926. The third kappa shape index (κ3) is 2.60. The van der Waals surface area contributed by atoms with Crippen molar-refractivity contribution in [3.8, 4) is 11.5 Å². The second kappa shape index (κ2) is 5.51. The monoisotopic (exact) mass is 270 g/mol. The lowest BCUT2D eigenvalue weighted by Gasteiger charge is -2.20. The van der Waals surface area contributed by atoms with Crippen LogP contribution in [-0.2, 0) is 0 Å². The standard InChI is InChI=1S/C16H18N2O2/c1-11(18-12(2)14-5-3-4-8-17-14)13-6-7-15-16(9-13)20-10-19-15/h3-9,11-12,18H,10H2,1-2H3/t11?,12-/m1/s1. The van der Waals surface area contributed by atoms with Crippen molar-refractivity contribution in [1.82, 2.24) is 10.3 Å². The first kappa shape index (κ1) is 12.9. The number of hydrogen-bond acceptors (Lipinski definition) is 4. The number of nitrogens with zero attached hydrogens (tertiary/aromatic N) is 1. The Balaban J connectivity index is 1.71. The predicted octanol–water partition coefficient (Wildman–Crippen LogP) is 3.22. The number of rotatable bonds is 4. The van der Waals surface area contributed by atoms with Crippen LogP contribution >= 0.6 is 0 Å². The molecule has 3 rings (SSSR count). The lowest BCUT2D eigenvalue weighted by atomic mass is 10.1. The Morgan fingerprint density at radius 2 is 1.90 bits per heavy atom. The van der Waals surface area contributed by atoms with Gasteiger partial charge in [-0.3, -0.25) is 4.98 Å². The topological polar surface area (TPSA) is 43.4 Å². The van der Waals surface area contributed by atoms with Gasteiger partial charge in [0.15, 0.2) is 11.5 Å². The highest BCUT2D eigenvalue weighted by atomic mass is 16.7. The van der Waals surface area contributed by atoms with Gasteiger partial charge in [0.1, 0.15) is 0 Å². The van der Waals surface area contributed by atoms with Gasteiger partial charge in [-0.05, 0) is 43.7 Å². The Kier molecular flexibility index (Phi) is 3.56. The van der Waals surface area contributed by atoms with Crippen LogP contribution in [0.15, 0.2) is 42.6 Å². The predicted molar refractivity (Wildman–Crippen MR) is 76.8 cm³/mol. The van der Waals surface area contributed by atoms with Crippen LogP contribution in [0.1, 0.15) is 37.2 Å². The fraction of sp³-hybridized carbons (Fsp3) is 0.312. The number of ether oxygens (including phenoxy) is 2. The van der Waals surface area contributed by atoms with E-state index in [2.05, 4.69) is 30.2 Å². The van der Waals surface area contributed by atoms with Gasteiger partial charge in [-0.1, -0.05) is 12.1 Å². The number of pyridine rings is 1. The lowest BCUT2D eigenvalue weighted by molar-refractivity contribution is 0.174. The minimum atomic E-state index is 0.191. The molecule has 0 saturated heterocycles. The molecule has 0 spiro atoms. The molecule has 1 aromatic heterocycles. The third-order valence-corrected chi connectivity index (χ3v) is 3.53. The van der Waals surface area contributed by atoms with E-state index in [0.29, 0.717) is 6.79 Å². The fourth-order valence-corrected chi connectivity index (χ4v) is 2.37. The fourth-order valence-electron chi connectivity index (χ4n) is 2.37. The summed E-state index contributed by atoms with van der Waals surface area (Å²) in [5.74, 6) is 1.64. The van der Waals surface area contributed by atoms with Crippen molar-refractivity contribution in [1.29, 1.82) is 0 Å². The molecule has 4 heteroatoms. The number of nitrogens with one attached hydrogen (secondary N) is 1. The summed E-state index contributed by atoms with van der Waals surface area (Å²) < 4.78 is 10.7. The minimum absolute atomic E-state index is 0.191. The Morgan fingerprint density at radius 3 is 2.70 bits per heavy atom. The van der Waals surface area contributed by atoms with Gasteiger partial charge in [-0.15, -0.1) is 0 Å². The normalized spacial score (nSPS) is 15.9. The molecule has 2 atom stereocenters. The first-order chi connectivity index (χ1) is 9.74. The molecule has 1 N–H and O–H groups in total. The summed E-state index contributed by atoms with van der Waals surface area (Å²) in [6.45, 7) is 4.56. The minimum Gasteiger partial charge on any atom is -0.454 e. The zero-order chi connectivity index (χ0) is 13.9. The van der Waals surface area contributed by atoms with Crippen molar-refractivity contribution >= 4 is 0 Å². The summed E-state index contributed by atoms with van der Waals surface area (Å²) >= 11 is 0. The van der Waals surface area contributed by atoms with Crippen molar-refractivity contribution in [2.45, 2.75) is 25.9 Å². The number of fused-ring (bicyclic) bond motifs is 1. The first-order valence-electron chi connectivity index (χ1n) is 6.80. The van der Waals surface area contributed by atoms with Gasteiger partial charge in [0, 0.05) is 18.3 Å². The summed E-state index contributed by atoms with van der Waals surface area (Å²) in [5, 5.41) is 3.54. The Morgan fingerprint density at radius 1 is 1.05 bits per heavy atom. The lowest BCUT2D eigenvalue weighted by Crippen LogP contribution is -2.23. The van der Waals surface area contributed by atoms with Crippen molar-refractivity contribution in [3.63, 3.8) is 0 Å². The van der Waals surface area contributed by atoms with E-state index in [0.717, 1.165) is 17.2 Å². The molecule has 0 saturated carbocycles. The molecule has 1 aliphatic heterocycles. The number of aromatic nitrogens is 1. The van der Waals surface area contributed by atoms with E-state index >= 15 is 0 Å². The van der Waals surface area contributed by atoms with E-state index in [9.17, 15) is 0 Å². The Hall–Kier alpha value is -2.07. The van der Waals surface area contributed by atoms with Gasteiger partial charge in [-0.2, -0.15) is 0 Å². The maximum absolute atomic E-state index is 5.42. The van der Waals surface area contributed by atoms with Crippen LogP contribution < -0.4 is 14.8 Å². The summed E-state index contributed by atoms with van der Waals surface area (Å²) in [6, 6.07) is 12.4. The van der Waals surface area contributed by atoms with E-state index in [1.54, 1.807) is 0 Å². The molecule has 1 aromatic carbocycles. The van der Waals surface area contributed by atoms with Crippen LogP contribution in [0.4, 0.5) is 0 Å². The van der Waals surface area contributed by atoms with Gasteiger partial charge < -0.3 is 14.8 Å². The highest BCUT2D eigenvalue weighted by Gasteiger charge is 2.17. The Labute approximate surface area is 118 Å². The van der Waals surface area contributed by atoms with Crippen molar-refractivity contribution in [3.05, 3.63) is 53.9 Å². The number of benzene rings is 1. The largest absolute Gasteiger partial charge is 0.454 e. The van der Waals surface area contributed by atoms with Crippen LogP contribution in [0.25, 0.3) is 0 Å². The van der Waals surface area contributed by atoms with Crippen LogP contribution in [0, 0.1) is 0 Å². The molecule has 1 unspecified atom stereocenters. The zero-order valence-corrected chi connectivity index (χ0v) is 11.7. The summed E-state index contributed by atoms with van der Waals surface area (Å²) in [4.78, 5) is 4.38. The Bertz CT molecular complexity index is 586. The molecular formula is C16H18N2O2. The highest BCUT2D eigenvalue weighted by Crippen LogP contribution is 2.34. The van der Waals surface area contributed by atoms with Gasteiger partial charge in [-0.25, -0.2) is 0 Å². The van der Waals surface area contributed by atoms with Crippen LogP contribution in [-0.4, -0.2) is 11.8 Å². The molecule has 104 valence electrons. The third-order valence-electron chi connectivity index (χ3n) is 3.53. The van der Waals surface area contributed by atoms with Crippen LogP contribution in [0.3, 0.4) is 0 Å². The molecule has 0 amide bonds. The molecule has 2 heterocycles. The molecular weight excluding hydrogens is 252 g/mol. The second-order valence-corrected chi connectivity index (χ2v) is 4.98. The maximum atomic E-state index is 5.42. The molecule has 0 radical (unpaired) electrons. The molecule has 0 fully saturated rings. The molecule has 20 heavy (non-hydrogen) atoms. The average molecular weight is 270 g/mol. The van der Waals surface area contributed by atoms with Crippen LogP contribution in [0.2, 0.25) is 0 Å². The summed E-state index contributed by atoms with van der Waals surface area (Å²) in [5.41, 5.74) is 2.22. The summed E-state index contributed by atoms with van der Waals surface area (Å²) in [7, 11) is 0. The average Bonchev–Trinajstić information content (AvgIpc) is 2.95. The molecule has 0 bridgehead atoms. The van der Waals surface area contributed by atoms with Gasteiger partial charge in [0.05, 0.1) is 5.69 Å². The van der Waals surface area contributed by atoms with Crippen LogP contribution in [0.5, 0.6) is 11.5 Å². The summed E-state index contributed by atoms with van der Waals surface area (Å²) in [6.07, 6.45) is 1.82. The smallest absolute Gasteiger partial charge is 0.231 e. The SMILES string of the molecule is CC(N[C@H](C)c1ccccn1)c1ccc2c(c1)OCO2. The highest BCUT2D eigenvalue weighted by molar-refractivity contribution is 5.45. The molecule has 2 aromatic rings. The van der Waals surface area contributed by atoms with Crippen molar-refractivity contribution in [2.24, 2.45) is 0 Å². The van der Waals surface area contributed by atoms with E-state index in [1.165, 1.54) is 5.56 Å². The van der Waals surface area contributed by atoms with Crippen molar-refractivity contribution in [2.75, 3.05) is 6.79 Å². The van der Waals surface area contributed by atoms with E-state index < -0.39 is 0 Å². The zero-order valence-electron chi connectivity index (χ0n) is 11.7.